The van der Waals surface area contributed by atoms with E-state index in [-0.39, 0.29) is 19.6 Å². The maximum Gasteiger partial charge on any atom is 0.326 e. The molecule has 0 aliphatic heterocycles. The highest BCUT2D eigenvalue weighted by molar-refractivity contribution is 5.82. The van der Waals surface area contributed by atoms with Gasteiger partial charge in [0.1, 0.15) is 11.9 Å². The van der Waals surface area contributed by atoms with Gasteiger partial charge in [-0.05, 0) is 6.07 Å². The highest BCUT2D eigenvalue weighted by Gasteiger charge is 2.18. The van der Waals surface area contributed by atoms with Gasteiger partial charge in [-0.3, -0.25) is 0 Å². The molecule has 1 aromatic carbocycles. The van der Waals surface area contributed by atoms with E-state index in [1.165, 1.54) is 18.2 Å². The van der Waals surface area contributed by atoms with E-state index in [2.05, 4.69) is 10.6 Å². The first-order chi connectivity index (χ1) is 9.04. The van der Waals surface area contributed by atoms with Crippen LogP contribution in [0, 0.1) is 5.82 Å². The number of hydrogen-bond donors (Lipinski definition) is 4. The van der Waals surface area contributed by atoms with Crippen molar-refractivity contribution >= 4 is 12.0 Å². The van der Waals surface area contributed by atoms with Gasteiger partial charge in [0, 0.05) is 25.1 Å². The number of benzene rings is 1. The summed E-state index contributed by atoms with van der Waals surface area (Å²) in [5.74, 6) is -1.69. The lowest BCUT2D eigenvalue weighted by Gasteiger charge is -2.14. The number of aliphatic hydroxyl groups excluding tert-OH is 1. The van der Waals surface area contributed by atoms with E-state index < -0.39 is 23.9 Å². The molecule has 0 aliphatic rings. The van der Waals surface area contributed by atoms with E-state index >= 15 is 0 Å². The molecule has 0 saturated carbocycles. The summed E-state index contributed by atoms with van der Waals surface area (Å²) in [5, 5.41) is 22.0. The number of amides is 2. The van der Waals surface area contributed by atoms with Crippen LogP contribution in [-0.4, -0.2) is 34.9 Å². The van der Waals surface area contributed by atoms with Crippen molar-refractivity contribution in [2.45, 2.75) is 19.0 Å². The minimum Gasteiger partial charge on any atom is -0.480 e. The molecule has 2 amide bonds. The number of aliphatic carboxylic acids is 1. The lowest BCUT2D eigenvalue weighted by Crippen LogP contribution is -2.46. The lowest BCUT2D eigenvalue weighted by molar-refractivity contribution is -0.139. The SMILES string of the molecule is O=C(NCc1ccccc1F)NC(CCO)C(=O)O. The van der Waals surface area contributed by atoms with E-state index in [9.17, 15) is 14.0 Å². The van der Waals surface area contributed by atoms with Crippen molar-refractivity contribution in [3.63, 3.8) is 0 Å². The number of carboxylic acid groups (broad SMARTS) is 1. The number of nitrogens with one attached hydrogen (secondary N) is 2. The summed E-state index contributed by atoms with van der Waals surface area (Å²) in [6.07, 6.45) is -0.0948. The highest BCUT2D eigenvalue weighted by atomic mass is 19.1. The Labute approximate surface area is 109 Å². The van der Waals surface area contributed by atoms with E-state index in [1.54, 1.807) is 6.07 Å². The molecule has 0 spiro atoms. The summed E-state index contributed by atoms with van der Waals surface area (Å²) in [4.78, 5) is 22.2. The number of carboxylic acids is 1. The molecule has 7 heteroatoms. The molecule has 104 valence electrons. The summed E-state index contributed by atoms with van der Waals surface area (Å²) in [6, 6.07) is 4.03. The molecule has 0 fully saturated rings. The van der Waals surface area contributed by atoms with Crippen molar-refractivity contribution in [1.29, 1.82) is 0 Å². The minimum absolute atomic E-state index is 0.0516. The molecule has 0 saturated heterocycles. The Morgan fingerprint density at radius 3 is 2.58 bits per heavy atom. The molecule has 0 radical (unpaired) electrons. The van der Waals surface area contributed by atoms with Crippen molar-refractivity contribution in [3.05, 3.63) is 35.6 Å². The van der Waals surface area contributed by atoms with Gasteiger partial charge in [0.15, 0.2) is 0 Å². The quantitative estimate of drug-likeness (QED) is 0.603. The van der Waals surface area contributed by atoms with Gasteiger partial charge in [0.05, 0.1) is 0 Å². The zero-order valence-electron chi connectivity index (χ0n) is 10.1. The van der Waals surface area contributed by atoms with Crippen molar-refractivity contribution in [2.75, 3.05) is 6.61 Å². The number of carbonyl (C=O) groups excluding carboxylic acids is 1. The minimum atomic E-state index is -1.24. The predicted octanol–water partition coefficient (Wildman–Crippen LogP) is 0.460. The molecule has 0 aromatic heterocycles. The third kappa shape index (κ3) is 4.92. The van der Waals surface area contributed by atoms with Crippen LogP contribution in [0.5, 0.6) is 0 Å². The number of halogens is 1. The fraction of sp³-hybridized carbons (Fsp3) is 0.333. The van der Waals surface area contributed by atoms with Crippen LogP contribution >= 0.6 is 0 Å². The van der Waals surface area contributed by atoms with Gasteiger partial charge in [0.25, 0.3) is 0 Å². The summed E-state index contributed by atoms with van der Waals surface area (Å²) in [6.45, 7) is -0.408. The predicted molar refractivity (Wildman–Crippen MR) is 64.9 cm³/mol. The first-order valence-corrected chi connectivity index (χ1v) is 5.66. The van der Waals surface area contributed by atoms with Gasteiger partial charge in [-0.1, -0.05) is 18.2 Å². The Balaban J connectivity index is 2.47. The molecule has 1 aromatic rings. The molecule has 1 atom stereocenters. The van der Waals surface area contributed by atoms with Gasteiger partial charge >= 0.3 is 12.0 Å². The zero-order chi connectivity index (χ0) is 14.3. The number of hydrogen-bond acceptors (Lipinski definition) is 3. The second-order valence-corrected chi connectivity index (χ2v) is 3.82. The molecule has 0 aliphatic carbocycles. The number of aliphatic hydroxyl groups is 1. The van der Waals surface area contributed by atoms with Crippen LogP contribution in [-0.2, 0) is 11.3 Å². The second kappa shape index (κ2) is 7.32. The molecule has 19 heavy (non-hydrogen) atoms. The molecule has 4 N–H and O–H groups in total. The second-order valence-electron chi connectivity index (χ2n) is 3.82. The lowest BCUT2D eigenvalue weighted by atomic mass is 10.2. The van der Waals surface area contributed by atoms with Crippen LogP contribution < -0.4 is 10.6 Å². The van der Waals surface area contributed by atoms with Gasteiger partial charge in [0.2, 0.25) is 0 Å². The largest absolute Gasteiger partial charge is 0.480 e. The molecular formula is C12H15FN2O4. The van der Waals surface area contributed by atoms with Crippen LogP contribution in [0.1, 0.15) is 12.0 Å². The summed E-state index contributed by atoms with van der Waals surface area (Å²) < 4.78 is 13.3. The molecule has 1 rings (SSSR count). The van der Waals surface area contributed by atoms with E-state index in [0.29, 0.717) is 5.56 Å². The molecule has 0 bridgehead atoms. The fourth-order valence-electron chi connectivity index (χ4n) is 1.41. The highest BCUT2D eigenvalue weighted by Crippen LogP contribution is 2.05. The van der Waals surface area contributed by atoms with Gasteiger partial charge < -0.3 is 20.8 Å². The average Bonchev–Trinajstić information content (AvgIpc) is 2.37. The van der Waals surface area contributed by atoms with Crippen LogP contribution in [0.2, 0.25) is 0 Å². The van der Waals surface area contributed by atoms with Gasteiger partial charge in [-0.15, -0.1) is 0 Å². The number of urea groups is 1. The Morgan fingerprint density at radius 2 is 2.00 bits per heavy atom. The summed E-state index contributed by atoms with van der Waals surface area (Å²) in [7, 11) is 0. The van der Waals surface area contributed by atoms with Crippen LogP contribution in [0.3, 0.4) is 0 Å². The number of rotatable bonds is 6. The Bertz CT molecular complexity index is 453. The first-order valence-electron chi connectivity index (χ1n) is 5.66. The van der Waals surface area contributed by atoms with E-state index in [1.807, 2.05) is 0 Å². The standard InChI is InChI=1S/C12H15FN2O4/c13-9-4-2-1-3-8(9)7-14-12(19)15-10(5-6-16)11(17)18/h1-4,10,16H,5-7H2,(H,17,18)(H2,14,15,19). The zero-order valence-corrected chi connectivity index (χ0v) is 10.1. The van der Waals surface area contributed by atoms with Gasteiger partial charge in [-0.2, -0.15) is 0 Å². The molecule has 1 unspecified atom stereocenters. The van der Waals surface area contributed by atoms with Crippen molar-refractivity contribution < 1.29 is 24.2 Å². The van der Waals surface area contributed by atoms with Crippen LogP contribution in [0.25, 0.3) is 0 Å². The summed E-state index contributed by atoms with van der Waals surface area (Å²) >= 11 is 0. The molecule has 0 heterocycles. The third-order valence-corrected chi connectivity index (χ3v) is 2.42. The Morgan fingerprint density at radius 1 is 1.32 bits per heavy atom. The van der Waals surface area contributed by atoms with Crippen molar-refractivity contribution in [2.24, 2.45) is 0 Å². The van der Waals surface area contributed by atoms with Crippen LogP contribution in [0.15, 0.2) is 24.3 Å². The van der Waals surface area contributed by atoms with Crippen molar-refractivity contribution in [1.82, 2.24) is 10.6 Å². The Hall–Kier alpha value is -2.15. The summed E-state index contributed by atoms with van der Waals surface area (Å²) in [5.41, 5.74) is 0.298. The number of carbonyl (C=O) groups is 2. The smallest absolute Gasteiger partial charge is 0.326 e. The maximum absolute atomic E-state index is 13.3. The molecule has 6 nitrogen and oxygen atoms in total. The average molecular weight is 270 g/mol. The maximum atomic E-state index is 13.3. The third-order valence-electron chi connectivity index (χ3n) is 2.42. The first kappa shape index (κ1) is 14.9. The van der Waals surface area contributed by atoms with Crippen molar-refractivity contribution in [3.8, 4) is 0 Å². The van der Waals surface area contributed by atoms with Gasteiger partial charge in [-0.25, -0.2) is 14.0 Å². The van der Waals surface area contributed by atoms with Crippen LogP contribution in [0.4, 0.5) is 9.18 Å². The van der Waals surface area contributed by atoms with E-state index in [0.717, 1.165) is 0 Å². The topological polar surface area (TPSA) is 98.7 Å². The fourth-order valence-corrected chi connectivity index (χ4v) is 1.41. The van der Waals surface area contributed by atoms with E-state index in [4.69, 9.17) is 10.2 Å². The monoisotopic (exact) mass is 270 g/mol. The Kier molecular flexibility index (Phi) is 5.74. The molecular weight excluding hydrogens is 255 g/mol. The normalized spacial score (nSPS) is 11.7.